The van der Waals surface area contributed by atoms with E-state index in [1.807, 2.05) is 18.9 Å². The minimum atomic E-state index is -0.141. The summed E-state index contributed by atoms with van der Waals surface area (Å²) in [4.78, 5) is 21.0. The van der Waals surface area contributed by atoms with Gasteiger partial charge in [0.2, 0.25) is 0 Å². The van der Waals surface area contributed by atoms with Crippen molar-refractivity contribution in [1.29, 1.82) is 0 Å². The van der Waals surface area contributed by atoms with Crippen LogP contribution in [0.3, 0.4) is 0 Å². The Kier molecular flexibility index (Phi) is 7.53. The summed E-state index contributed by atoms with van der Waals surface area (Å²) < 4.78 is 5.15. The van der Waals surface area contributed by atoms with Crippen molar-refractivity contribution in [1.82, 2.24) is 9.80 Å². The summed E-state index contributed by atoms with van der Waals surface area (Å²) in [5.41, 5.74) is 1.39. The van der Waals surface area contributed by atoms with Crippen LogP contribution in [-0.2, 0) is 4.74 Å². The first-order chi connectivity index (χ1) is 11.6. The maximum absolute atomic E-state index is 11.9. The quantitative estimate of drug-likeness (QED) is 0.738. The summed E-state index contributed by atoms with van der Waals surface area (Å²) in [6.45, 7) is 10.8. The lowest BCUT2D eigenvalue weighted by Crippen LogP contribution is -2.44. The number of hydrogen-bond acceptors (Lipinski definition) is 4. The molecular formula is C19H35N3O2. The second-order valence-corrected chi connectivity index (χ2v) is 7.38. The Morgan fingerprint density at radius 2 is 1.83 bits per heavy atom. The smallest absolute Gasteiger partial charge is 0.409 e. The van der Waals surface area contributed by atoms with Gasteiger partial charge in [0, 0.05) is 31.9 Å². The van der Waals surface area contributed by atoms with Crippen LogP contribution >= 0.6 is 0 Å². The molecule has 2 aliphatic heterocycles. The van der Waals surface area contributed by atoms with Crippen molar-refractivity contribution < 1.29 is 9.53 Å². The van der Waals surface area contributed by atoms with Crippen LogP contribution in [0.2, 0.25) is 0 Å². The van der Waals surface area contributed by atoms with Gasteiger partial charge in [-0.25, -0.2) is 4.79 Å². The number of carbonyl (C=O) groups excluding carboxylic acids is 1. The number of likely N-dealkylation sites (tertiary alicyclic amines) is 2. The molecule has 0 aromatic carbocycles. The van der Waals surface area contributed by atoms with E-state index in [0.29, 0.717) is 24.5 Å². The highest BCUT2D eigenvalue weighted by Gasteiger charge is 2.30. The Morgan fingerprint density at radius 3 is 2.42 bits per heavy atom. The van der Waals surface area contributed by atoms with E-state index in [4.69, 9.17) is 4.74 Å². The summed E-state index contributed by atoms with van der Waals surface area (Å²) >= 11 is 0. The standard InChI is InChI=1S/C19H35N3O2/c1-5-24-19(23)22-11-6-7-17(10-14-22)21-12-8-16(9-13-21)18(20-4)15(2)3/h15-17H,5-14H2,1-4H3/b20-18+. The number of ether oxygens (including phenoxy) is 1. The first kappa shape index (κ1) is 19.2. The molecule has 2 aliphatic rings. The fourth-order valence-corrected chi connectivity index (χ4v) is 4.31. The van der Waals surface area contributed by atoms with Crippen molar-refractivity contribution in [3.63, 3.8) is 0 Å². The van der Waals surface area contributed by atoms with Crippen LogP contribution < -0.4 is 0 Å². The number of carbonyl (C=O) groups is 1. The zero-order valence-electron chi connectivity index (χ0n) is 16.0. The number of aliphatic imine (C=N–C) groups is 1. The third-order valence-corrected chi connectivity index (χ3v) is 5.54. The Morgan fingerprint density at radius 1 is 1.12 bits per heavy atom. The van der Waals surface area contributed by atoms with E-state index in [0.717, 1.165) is 25.9 Å². The van der Waals surface area contributed by atoms with Crippen LogP contribution in [0.4, 0.5) is 4.79 Å². The molecule has 5 nitrogen and oxygen atoms in total. The molecule has 0 aromatic heterocycles. The maximum Gasteiger partial charge on any atom is 0.409 e. The van der Waals surface area contributed by atoms with Gasteiger partial charge in [0.05, 0.1) is 6.61 Å². The van der Waals surface area contributed by atoms with Crippen molar-refractivity contribution >= 4 is 11.8 Å². The highest BCUT2D eigenvalue weighted by molar-refractivity contribution is 5.88. The van der Waals surface area contributed by atoms with E-state index < -0.39 is 0 Å². The van der Waals surface area contributed by atoms with E-state index in [1.165, 1.54) is 38.1 Å². The molecule has 0 spiro atoms. The van der Waals surface area contributed by atoms with Crippen molar-refractivity contribution in [2.75, 3.05) is 39.8 Å². The fourth-order valence-electron chi connectivity index (χ4n) is 4.31. The molecule has 2 rings (SSSR count). The number of hydrogen-bond donors (Lipinski definition) is 0. The lowest BCUT2D eigenvalue weighted by Gasteiger charge is -2.38. The lowest BCUT2D eigenvalue weighted by molar-refractivity contribution is 0.105. The van der Waals surface area contributed by atoms with Gasteiger partial charge in [-0.15, -0.1) is 0 Å². The molecule has 0 bridgehead atoms. The summed E-state index contributed by atoms with van der Waals surface area (Å²) in [6.07, 6.45) is 5.66. The molecule has 1 atom stereocenters. The van der Waals surface area contributed by atoms with Gasteiger partial charge >= 0.3 is 6.09 Å². The molecule has 138 valence electrons. The largest absolute Gasteiger partial charge is 0.450 e. The van der Waals surface area contributed by atoms with Crippen LogP contribution in [0, 0.1) is 11.8 Å². The molecular weight excluding hydrogens is 302 g/mol. The summed E-state index contributed by atoms with van der Waals surface area (Å²) in [6, 6.07) is 0.617. The zero-order valence-corrected chi connectivity index (χ0v) is 16.0. The number of amides is 1. The SMILES string of the molecule is CCOC(=O)N1CCCC(N2CCC(/C(=N/C)C(C)C)CC2)CC1. The molecule has 0 N–H and O–H groups in total. The zero-order chi connectivity index (χ0) is 17.5. The number of piperidine rings is 1. The molecule has 2 heterocycles. The molecule has 0 aliphatic carbocycles. The Balaban J connectivity index is 1.83. The van der Waals surface area contributed by atoms with Crippen LogP contribution in [0.1, 0.15) is 52.9 Å². The molecule has 2 fully saturated rings. The molecule has 2 saturated heterocycles. The molecule has 1 unspecified atom stereocenters. The Labute approximate surface area is 147 Å². The molecule has 0 saturated carbocycles. The average molecular weight is 338 g/mol. The Bertz CT molecular complexity index is 428. The first-order valence-electron chi connectivity index (χ1n) is 9.69. The van der Waals surface area contributed by atoms with Gasteiger partial charge < -0.3 is 14.5 Å². The number of nitrogens with zero attached hydrogens (tertiary/aromatic N) is 3. The molecule has 5 heteroatoms. The highest BCUT2D eigenvalue weighted by Crippen LogP contribution is 2.26. The molecule has 0 aromatic rings. The van der Waals surface area contributed by atoms with Gasteiger partial charge in [-0.2, -0.15) is 0 Å². The molecule has 0 radical (unpaired) electrons. The summed E-state index contributed by atoms with van der Waals surface area (Å²) in [5, 5.41) is 0. The van der Waals surface area contributed by atoms with Gasteiger partial charge in [-0.1, -0.05) is 13.8 Å². The third-order valence-electron chi connectivity index (χ3n) is 5.54. The second-order valence-electron chi connectivity index (χ2n) is 7.38. The minimum Gasteiger partial charge on any atom is -0.450 e. The van der Waals surface area contributed by atoms with Gasteiger partial charge in [0.1, 0.15) is 0 Å². The fraction of sp³-hybridized carbons (Fsp3) is 0.895. The van der Waals surface area contributed by atoms with E-state index in [1.54, 1.807) is 0 Å². The van der Waals surface area contributed by atoms with Crippen LogP contribution in [-0.4, -0.2) is 67.5 Å². The van der Waals surface area contributed by atoms with E-state index >= 15 is 0 Å². The second kappa shape index (κ2) is 9.40. The molecule has 1 amide bonds. The van der Waals surface area contributed by atoms with Crippen molar-refractivity contribution in [3.8, 4) is 0 Å². The molecule has 24 heavy (non-hydrogen) atoms. The van der Waals surface area contributed by atoms with Crippen molar-refractivity contribution in [2.24, 2.45) is 16.8 Å². The Hall–Kier alpha value is -1.10. The van der Waals surface area contributed by atoms with Crippen molar-refractivity contribution in [3.05, 3.63) is 0 Å². The lowest BCUT2D eigenvalue weighted by atomic mass is 9.85. The van der Waals surface area contributed by atoms with Gasteiger partial charge in [0.25, 0.3) is 0 Å². The predicted molar refractivity (Wildman–Crippen MR) is 98.7 cm³/mol. The van der Waals surface area contributed by atoms with Crippen LogP contribution in [0.5, 0.6) is 0 Å². The van der Waals surface area contributed by atoms with Gasteiger partial charge in [-0.3, -0.25) is 4.99 Å². The van der Waals surface area contributed by atoms with Crippen LogP contribution in [0.15, 0.2) is 4.99 Å². The number of rotatable bonds is 4. The van der Waals surface area contributed by atoms with E-state index in [-0.39, 0.29) is 6.09 Å². The monoisotopic (exact) mass is 337 g/mol. The predicted octanol–water partition coefficient (Wildman–Crippen LogP) is 3.44. The maximum atomic E-state index is 11.9. The third kappa shape index (κ3) is 4.95. The summed E-state index contributed by atoms with van der Waals surface area (Å²) in [5.74, 6) is 1.22. The van der Waals surface area contributed by atoms with Gasteiger partial charge in [-0.05, 0) is 64.0 Å². The summed E-state index contributed by atoms with van der Waals surface area (Å²) in [7, 11) is 1.94. The van der Waals surface area contributed by atoms with Crippen LogP contribution in [0.25, 0.3) is 0 Å². The van der Waals surface area contributed by atoms with E-state index in [9.17, 15) is 4.79 Å². The van der Waals surface area contributed by atoms with Gasteiger partial charge in [0.15, 0.2) is 0 Å². The topological polar surface area (TPSA) is 45.1 Å². The highest BCUT2D eigenvalue weighted by atomic mass is 16.6. The first-order valence-corrected chi connectivity index (χ1v) is 9.69. The average Bonchev–Trinajstić information content (AvgIpc) is 2.82. The minimum absolute atomic E-state index is 0.141. The van der Waals surface area contributed by atoms with E-state index in [2.05, 4.69) is 23.7 Å². The normalized spacial score (nSPS) is 25.0. The van der Waals surface area contributed by atoms with Crippen molar-refractivity contribution in [2.45, 2.75) is 58.9 Å².